The fourth-order valence-corrected chi connectivity index (χ4v) is 1.96. The van der Waals surface area contributed by atoms with Crippen LogP contribution in [0.2, 0.25) is 0 Å². The topological polar surface area (TPSA) is 52.3 Å². The maximum atomic E-state index is 10.7. The van der Waals surface area contributed by atoms with E-state index in [-0.39, 0.29) is 0 Å². The van der Waals surface area contributed by atoms with Gasteiger partial charge in [-0.15, -0.1) is 0 Å². The van der Waals surface area contributed by atoms with Crippen molar-refractivity contribution in [2.45, 2.75) is 38.7 Å². The molecule has 0 aliphatic rings. The van der Waals surface area contributed by atoms with Crippen LogP contribution in [0.4, 0.5) is 4.79 Å². The van der Waals surface area contributed by atoms with Gasteiger partial charge in [0.25, 0.3) is 0 Å². The molecule has 17 heavy (non-hydrogen) atoms. The Morgan fingerprint density at radius 3 is 2.47 bits per heavy atom. The molecule has 0 bridgehead atoms. The van der Waals surface area contributed by atoms with E-state index >= 15 is 0 Å². The van der Waals surface area contributed by atoms with E-state index < -0.39 is 11.7 Å². The van der Waals surface area contributed by atoms with Gasteiger partial charge in [-0.1, -0.05) is 28.1 Å². The third-order valence-corrected chi connectivity index (χ3v) is 3.06. The Kier molecular flexibility index (Phi) is 5.00. The number of primary amides is 1. The number of ether oxygens (including phenoxy) is 1. The minimum atomic E-state index is -0.710. The number of rotatable bonds is 5. The lowest BCUT2D eigenvalue weighted by molar-refractivity contribution is 0.0378. The molecule has 1 rings (SSSR count). The van der Waals surface area contributed by atoms with Crippen LogP contribution in [-0.4, -0.2) is 11.7 Å². The van der Waals surface area contributed by atoms with Gasteiger partial charge < -0.3 is 10.5 Å². The molecular formula is C13H18BrNO2. The van der Waals surface area contributed by atoms with Gasteiger partial charge in [0, 0.05) is 4.47 Å². The standard InChI is InChI=1S/C13H18BrNO2/c1-13(2,17-12(15)16)9-3-4-10-5-7-11(14)8-6-10/h5-8H,3-4,9H2,1-2H3,(H2,15,16). The average Bonchev–Trinajstić information content (AvgIpc) is 2.18. The predicted octanol–water partition coefficient (Wildman–Crippen LogP) is 3.65. The van der Waals surface area contributed by atoms with E-state index in [0.29, 0.717) is 0 Å². The van der Waals surface area contributed by atoms with E-state index in [1.807, 2.05) is 26.0 Å². The monoisotopic (exact) mass is 299 g/mol. The Labute approximate surface area is 110 Å². The minimum Gasteiger partial charge on any atom is -0.444 e. The van der Waals surface area contributed by atoms with Gasteiger partial charge in [-0.25, -0.2) is 4.79 Å². The van der Waals surface area contributed by atoms with E-state index in [2.05, 4.69) is 28.1 Å². The zero-order valence-corrected chi connectivity index (χ0v) is 11.8. The molecule has 3 nitrogen and oxygen atoms in total. The summed E-state index contributed by atoms with van der Waals surface area (Å²) >= 11 is 3.40. The molecule has 0 aliphatic heterocycles. The second-order valence-electron chi connectivity index (χ2n) is 4.66. The number of benzene rings is 1. The number of aryl methyl sites for hydroxylation is 1. The third kappa shape index (κ3) is 5.73. The molecule has 1 aromatic carbocycles. The Bertz CT molecular complexity index is 374. The molecule has 0 spiro atoms. The molecule has 2 N–H and O–H groups in total. The number of hydrogen-bond acceptors (Lipinski definition) is 2. The predicted molar refractivity (Wildman–Crippen MR) is 71.8 cm³/mol. The number of carbonyl (C=O) groups is 1. The van der Waals surface area contributed by atoms with E-state index in [1.54, 1.807) is 0 Å². The molecule has 94 valence electrons. The number of hydrogen-bond donors (Lipinski definition) is 1. The Hall–Kier alpha value is -1.03. The second kappa shape index (κ2) is 6.05. The molecule has 0 aromatic heterocycles. The molecule has 0 fully saturated rings. The molecule has 0 saturated heterocycles. The summed E-state index contributed by atoms with van der Waals surface area (Å²) in [7, 11) is 0. The highest BCUT2D eigenvalue weighted by atomic mass is 79.9. The smallest absolute Gasteiger partial charge is 0.405 e. The first kappa shape index (κ1) is 14.0. The zero-order chi connectivity index (χ0) is 12.9. The van der Waals surface area contributed by atoms with Crippen LogP contribution in [0.25, 0.3) is 0 Å². The van der Waals surface area contributed by atoms with Crippen molar-refractivity contribution in [3.05, 3.63) is 34.3 Å². The molecule has 0 saturated carbocycles. The summed E-state index contributed by atoms with van der Waals surface area (Å²) in [6.07, 6.45) is 2.02. The van der Waals surface area contributed by atoms with Crippen molar-refractivity contribution in [1.29, 1.82) is 0 Å². The lowest BCUT2D eigenvalue weighted by atomic mass is 9.99. The molecule has 1 amide bonds. The van der Waals surface area contributed by atoms with Crippen molar-refractivity contribution in [2.75, 3.05) is 0 Å². The molecule has 0 aliphatic carbocycles. The lowest BCUT2D eigenvalue weighted by Crippen LogP contribution is -2.31. The van der Waals surface area contributed by atoms with Crippen molar-refractivity contribution in [1.82, 2.24) is 0 Å². The summed E-state index contributed by atoms with van der Waals surface area (Å²) in [6, 6.07) is 8.23. The third-order valence-electron chi connectivity index (χ3n) is 2.53. The fraction of sp³-hybridized carbons (Fsp3) is 0.462. The normalized spacial score (nSPS) is 11.2. The van der Waals surface area contributed by atoms with E-state index in [9.17, 15) is 4.79 Å². The van der Waals surface area contributed by atoms with Gasteiger partial charge in [-0.2, -0.15) is 0 Å². The second-order valence-corrected chi connectivity index (χ2v) is 5.58. The average molecular weight is 300 g/mol. The summed E-state index contributed by atoms with van der Waals surface area (Å²) in [5.41, 5.74) is 5.81. The van der Waals surface area contributed by atoms with Gasteiger partial charge in [0.05, 0.1) is 0 Å². The molecule has 0 heterocycles. The fourth-order valence-electron chi connectivity index (χ4n) is 1.69. The van der Waals surface area contributed by atoms with Crippen LogP contribution in [0.1, 0.15) is 32.3 Å². The van der Waals surface area contributed by atoms with Crippen LogP contribution in [-0.2, 0) is 11.2 Å². The Balaban J connectivity index is 2.37. The summed E-state index contributed by atoms with van der Waals surface area (Å²) in [6.45, 7) is 3.75. The Morgan fingerprint density at radius 2 is 1.94 bits per heavy atom. The first-order chi connectivity index (χ1) is 7.89. The van der Waals surface area contributed by atoms with Crippen molar-refractivity contribution < 1.29 is 9.53 Å². The van der Waals surface area contributed by atoms with Crippen molar-refractivity contribution in [3.63, 3.8) is 0 Å². The van der Waals surface area contributed by atoms with Crippen LogP contribution in [0.5, 0.6) is 0 Å². The molecule has 4 heteroatoms. The summed E-state index contributed by atoms with van der Waals surface area (Å²) in [5, 5.41) is 0. The van der Waals surface area contributed by atoms with Gasteiger partial charge in [-0.3, -0.25) is 0 Å². The first-order valence-corrected chi connectivity index (χ1v) is 6.41. The van der Waals surface area contributed by atoms with Crippen molar-refractivity contribution >= 4 is 22.0 Å². The van der Waals surface area contributed by atoms with Gasteiger partial charge >= 0.3 is 6.09 Å². The van der Waals surface area contributed by atoms with Crippen LogP contribution < -0.4 is 5.73 Å². The molecule has 0 radical (unpaired) electrons. The van der Waals surface area contributed by atoms with Gasteiger partial charge in [-0.05, 0) is 50.8 Å². The first-order valence-electron chi connectivity index (χ1n) is 5.62. The summed E-state index contributed by atoms with van der Waals surface area (Å²) in [5.74, 6) is 0. The lowest BCUT2D eigenvalue weighted by Gasteiger charge is -2.23. The molecule has 0 atom stereocenters. The Morgan fingerprint density at radius 1 is 1.35 bits per heavy atom. The van der Waals surface area contributed by atoms with Crippen LogP contribution in [0.15, 0.2) is 28.7 Å². The van der Waals surface area contributed by atoms with Gasteiger partial charge in [0.2, 0.25) is 0 Å². The quantitative estimate of drug-likeness (QED) is 0.902. The van der Waals surface area contributed by atoms with Crippen molar-refractivity contribution in [2.24, 2.45) is 5.73 Å². The highest BCUT2D eigenvalue weighted by Crippen LogP contribution is 2.19. The highest BCUT2D eigenvalue weighted by molar-refractivity contribution is 9.10. The minimum absolute atomic E-state index is 0.485. The van der Waals surface area contributed by atoms with E-state index in [1.165, 1.54) is 5.56 Å². The van der Waals surface area contributed by atoms with E-state index in [0.717, 1.165) is 23.7 Å². The summed E-state index contributed by atoms with van der Waals surface area (Å²) in [4.78, 5) is 10.7. The SMILES string of the molecule is CC(C)(CCCc1ccc(Br)cc1)OC(N)=O. The molecular weight excluding hydrogens is 282 g/mol. The molecule has 0 unspecified atom stereocenters. The summed E-state index contributed by atoms with van der Waals surface area (Å²) < 4.78 is 6.11. The molecule has 1 aromatic rings. The maximum Gasteiger partial charge on any atom is 0.405 e. The maximum absolute atomic E-state index is 10.7. The van der Waals surface area contributed by atoms with Crippen LogP contribution in [0, 0.1) is 0 Å². The zero-order valence-electron chi connectivity index (χ0n) is 10.2. The van der Waals surface area contributed by atoms with Crippen LogP contribution >= 0.6 is 15.9 Å². The van der Waals surface area contributed by atoms with Gasteiger partial charge in [0.1, 0.15) is 5.60 Å². The largest absolute Gasteiger partial charge is 0.444 e. The number of halogens is 1. The van der Waals surface area contributed by atoms with E-state index in [4.69, 9.17) is 10.5 Å². The number of nitrogens with two attached hydrogens (primary N) is 1. The highest BCUT2D eigenvalue weighted by Gasteiger charge is 2.20. The van der Waals surface area contributed by atoms with Crippen LogP contribution in [0.3, 0.4) is 0 Å². The number of carbonyl (C=O) groups excluding carboxylic acids is 1. The number of amides is 1. The van der Waals surface area contributed by atoms with Gasteiger partial charge in [0.15, 0.2) is 0 Å². The van der Waals surface area contributed by atoms with Crippen molar-refractivity contribution in [3.8, 4) is 0 Å².